The maximum atomic E-state index is 5.96. The lowest BCUT2D eigenvalue weighted by molar-refractivity contribution is 0.552. The molecule has 0 aliphatic carbocycles. The van der Waals surface area contributed by atoms with Gasteiger partial charge >= 0.3 is 0 Å². The van der Waals surface area contributed by atoms with Crippen LogP contribution in [-0.2, 0) is 0 Å². The monoisotopic (exact) mass is 320 g/mol. The van der Waals surface area contributed by atoms with Gasteiger partial charge in [-0.25, -0.2) is 0 Å². The molecule has 0 heterocycles. The Morgan fingerprint density at radius 3 is 1.59 bits per heavy atom. The van der Waals surface area contributed by atoms with Crippen LogP contribution < -0.4 is 0 Å². The van der Waals surface area contributed by atoms with Crippen molar-refractivity contribution in [2.75, 3.05) is 0 Å². The smallest absolute Gasteiger partial charge is 0.118 e. The summed E-state index contributed by atoms with van der Waals surface area (Å²) in [6.07, 6.45) is 12.4. The molecular formula is C13H24Cl4. The standard InChI is InChI=1S/C13H24Cl4/c1-2-3-4-5-6-7-8-9-10-11-12(14)13(15,16)17/h12H,2-11H2,1H3. The molecule has 0 bridgehead atoms. The molecule has 4 heteroatoms. The van der Waals surface area contributed by atoms with Gasteiger partial charge in [-0.05, 0) is 6.42 Å². The number of alkyl halides is 4. The quantitative estimate of drug-likeness (QED) is 0.303. The largest absolute Gasteiger partial charge is 0.206 e. The van der Waals surface area contributed by atoms with E-state index in [2.05, 4.69) is 6.92 Å². The summed E-state index contributed by atoms with van der Waals surface area (Å²) in [6, 6.07) is 0. The molecule has 17 heavy (non-hydrogen) atoms. The van der Waals surface area contributed by atoms with Crippen molar-refractivity contribution in [3.63, 3.8) is 0 Å². The van der Waals surface area contributed by atoms with Gasteiger partial charge in [-0.15, -0.1) is 11.6 Å². The second kappa shape index (κ2) is 11.0. The molecular weight excluding hydrogens is 298 g/mol. The summed E-state index contributed by atoms with van der Waals surface area (Å²) in [5.41, 5.74) is 0. The van der Waals surface area contributed by atoms with Crippen LogP contribution in [0, 0.1) is 0 Å². The highest BCUT2D eigenvalue weighted by Gasteiger charge is 2.29. The predicted octanol–water partition coefficient (Wildman–Crippen LogP) is 6.88. The summed E-state index contributed by atoms with van der Waals surface area (Å²) >= 11 is 23.0. The zero-order valence-corrected chi connectivity index (χ0v) is 13.7. The summed E-state index contributed by atoms with van der Waals surface area (Å²) in [4.78, 5) is 0. The first-order valence-electron chi connectivity index (χ1n) is 6.69. The highest BCUT2D eigenvalue weighted by Crippen LogP contribution is 2.36. The van der Waals surface area contributed by atoms with Crippen LogP contribution >= 0.6 is 46.4 Å². The molecule has 0 aromatic heterocycles. The highest BCUT2D eigenvalue weighted by molar-refractivity contribution is 6.70. The first-order valence-corrected chi connectivity index (χ1v) is 8.26. The Bertz CT molecular complexity index is 165. The van der Waals surface area contributed by atoms with Gasteiger partial charge in [-0.3, -0.25) is 0 Å². The molecule has 0 nitrogen and oxygen atoms in total. The van der Waals surface area contributed by atoms with E-state index in [0.29, 0.717) is 0 Å². The van der Waals surface area contributed by atoms with Crippen molar-refractivity contribution in [2.45, 2.75) is 80.3 Å². The van der Waals surface area contributed by atoms with E-state index in [1.807, 2.05) is 0 Å². The van der Waals surface area contributed by atoms with E-state index in [1.165, 1.54) is 51.4 Å². The number of hydrogen-bond donors (Lipinski definition) is 0. The van der Waals surface area contributed by atoms with Crippen LogP contribution in [0.2, 0.25) is 0 Å². The molecule has 0 aromatic rings. The molecule has 0 aromatic carbocycles. The van der Waals surface area contributed by atoms with Crippen LogP contribution in [0.1, 0.15) is 71.1 Å². The Morgan fingerprint density at radius 1 is 0.765 bits per heavy atom. The minimum absolute atomic E-state index is 0.364. The number of rotatable bonds is 10. The summed E-state index contributed by atoms with van der Waals surface area (Å²) in [5, 5.41) is -0.364. The third kappa shape index (κ3) is 12.0. The minimum Gasteiger partial charge on any atom is -0.118 e. The van der Waals surface area contributed by atoms with Gasteiger partial charge in [0.15, 0.2) is 0 Å². The second-order valence-electron chi connectivity index (χ2n) is 4.63. The maximum absolute atomic E-state index is 5.96. The molecule has 1 unspecified atom stereocenters. The second-order valence-corrected chi connectivity index (χ2v) is 7.52. The zero-order valence-electron chi connectivity index (χ0n) is 10.7. The van der Waals surface area contributed by atoms with Crippen molar-refractivity contribution in [1.29, 1.82) is 0 Å². The van der Waals surface area contributed by atoms with E-state index in [4.69, 9.17) is 46.4 Å². The van der Waals surface area contributed by atoms with Crippen LogP contribution in [0.25, 0.3) is 0 Å². The Balaban J connectivity index is 3.19. The lowest BCUT2D eigenvalue weighted by Crippen LogP contribution is -2.18. The molecule has 0 N–H and O–H groups in total. The Kier molecular flexibility index (Phi) is 11.8. The molecule has 0 rings (SSSR count). The lowest BCUT2D eigenvalue weighted by atomic mass is 10.1. The fourth-order valence-electron chi connectivity index (χ4n) is 1.80. The summed E-state index contributed by atoms with van der Waals surface area (Å²) in [6.45, 7) is 2.24. The molecule has 0 amide bonds. The topological polar surface area (TPSA) is 0 Å². The van der Waals surface area contributed by atoms with E-state index >= 15 is 0 Å². The number of unbranched alkanes of at least 4 members (excludes halogenated alkanes) is 8. The van der Waals surface area contributed by atoms with Gasteiger partial charge in [0.05, 0.1) is 5.38 Å². The molecule has 0 fully saturated rings. The first-order chi connectivity index (χ1) is 7.98. The van der Waals surface area contributed by atoms with Gasteiger partial charge in [-0.1, -0.05) is 99.5 Å². The molecule has 1 atom stereocenters. The van der Waals surface area contributed by atoms with E-state index in [-0.39, 0.29) is 5.38 Å². The SMILES string of the molecule is CCCCCCCCCCCC(Cl)C(Cl)(Cl)Cl. The summed E-state index contributed by atoms with van der Waals surface area (Å²) in [7, 11) is 0. The molecule has 0 aliphatic heterocycles. The van der Waals surface area contributed by atoms with E-state index < -0.39 is 3.79 Å². The molecule has 0 radical (unpaired) electrons. The van der Waals surface area contributed by atoms with Gasteiger partial charge in [0, 0.05) is 0 Å². The molecule has 0 aliphatic rings. The fraction of sp³-hybridized carbons (Fsp3) is 1.00. The van der Waals surface area contributed by atoms with Gasteiger partial charge in [0.25, 0.3) is 0 Å². The Labute approximate surface area is 126 Å². The van der Waals surface area contributed by atoms with Crippen molar-refractivity contribution in [3.8, 4) is 0 Å². The van der Waals surface area contributed by atoms with E-state index in [0.717, 1.165) is 12.8 Å². The van der Waals surface area contributed by atoms with Crippen LogP contribution in [-0.4, -0.2) is 9.17 Å². The van der Waals surface area contributed by atoms with Gasteiger partial charge in [0.2, 0.25) is 3.79 Å². The average molecular weight is 322 g/mol. The normalized spacial score (nSPS) is 13.9. The average Bonchev–Trinajstić information content (AvgIpc) is 2.25. The number of hydrogen-bond acceptors (Lipinski definition) is 0. The van der Waals surface area contributed by atoms with Gasteiger partial charge < -0.3 is 0 Å². The summed E-state index contributed by atoms with van der Waals surface area (Å²) in [5.74, 6) is 0. The van der Waals surface area contributed by atoms with Crippen molar-refractivity contribution in [3.05, 3.63) is 0 Å². The molecule has 104 valence electrons. The third-order valence-corrected chi connectivity index (χ3v) is 4.59. The van der Waals surface area contributed by atoms with Gasteiger partial charge in [-0.2, -0.15) is 0 Å². The predicted molar refractivity (Wildman–Crippen MR) is 81.8 cm³/mol. The molecule has 0 spiro atoms. The summed E-state index contributed by atoms with van der Waals surface area (Å²) < 4.78 is -1.32. The van der Waals surface area contributed by atoms with Crippen molar-refractivity contribution in [2.24, 2.45) is 0 Å². The van der Waals surface area contributed by atoms with Crippen LogP contribution in [0.15, 0.2) is 0 Å². The lowest BCUT2D eigenvalue weighted by Gasteiger charge is -2.17. The van der Waals surface area contributed by atoms with Crippen LogP contribution in [0.4, 0.5) is 0 Å². The van der Waals surface area contributed by atoms with Crippen LogP contribution in [0.3, 0.4) is 0 Å². The molecule has 0 saturated carbocycles. The van der Waals surface area contributed by atoms with Crippen molar-refractivity contribution in [1.82, 2.24) is 0 Å². The van der Waals surface area contributed by atoms with E-state index in [9.17, 15) is 0 Å². The third-order valence-electron chi connectivity index (χ3n) is 2.92. The number of halogens is 4. The first kappa shape index (κ1) is 18.2. The van der Waals surface area contributed by atoms with Gasteiger partial charge in [0.1, 0.15) is 0 Å². The van der Waals surface area contributed by atoms with Crippen molar-refractivity contribution < 1.29 is 0 Å². The minimum atomic E-state index is -1.32. The maximum Gasteiger partial charge on any atom is 0.206 e. The Morgan fingerprint density at radius 2 is 1.18 bits per heavy atom. The van der Waals surface area contributed by atoms with E-state index in [1.54, 1.807) is 0 Å². The Hall–Kier alpha value is 1.16. The fourth-order valence-corrected chi connectivity index (χ4v) is 2.28. The van der Waals surface area contributed by atoms with Crippen molar-refractivity contribution >= 4 is 46.4 Å². The van der Waals surface area contributed by atoms with Crippen LogP contribution in [0.5, 0.6) is 0 Å². The highest BCUT2D eigenvalue weighted by atomic mass is 35.6. The molecule has 0 saturated heterocycles. The zero-order chi connectivity index (χ0) is 13.1.